The van der Waals surface area contributed by atoms with Gasteiger partial charge in [-0.1, -0.05) is 13.0 Å². The average molecular weight is 371 g/mol. The maximum atomic E-state index is 11.3. The normalized spacial score (nSPS) is 13.4. The zero-order chi connectivity index (χ0) is 18.7. The molecule has 0 aliphatic carbocycles. The summed E-state index contributed by atoms with van der Waals surface area (Å²) < 4.78 is 28.0. The van der Waals surface area contributed by atoms with Crippen LogP contribution in [0.5, 0.6) is 5.88 Å². The van der Waals surface area contributed by atoms with Gasteiger partial charge < -0.3 is 15.4 Å². The topological polar surface area (TPSA) is 92.7 Å². The minimum absolute atomic E-state index is 0.00969. The van der Waals surface area contributed by atoms with E-state index in [1.54, 1.807) is 6.20 Å². The number of nitrogens with one attached hydrogen (secondary N) is 2. The van der Waals surface area contributed by atoms with Crippen molar-refractivity contribution in [2.75, 3.05) is 25.2 Å². The van der Waals surface area contributed by atoms with E-state index in [2.05, 4.69) is 27.5 Å². The summed E-state index contributed by atoms with van der Waals surface area (Å²) in [5, 5.41) is 6.39. The third-order valence-corrected chi connectivity index (χ3v) is 4.30. The van der Waals surface area contributed by atoms with E-state index < -0.39 is 9.84 Å². The molecule has 0 radical (unpaired) electrons. The lowest BCUT2D eigenvalue weighted by atomic mass is 10.2. The molecule has 0 aromatic carbocycles. The maximum Gasteiger partial charge on any atom is 0.213 e. The zero-order valence-corrected chi connectivity index (χ0v) is 16.4. The summed E-state index contributed by atoms with van der Waals surface area (Å²) in [6.07, 6.45) is 4.49. The molecule has 0 bridgehead atoms. The molecule has 1 rings (SSSR count). The monoisotopic (exact) mass is 370 g/mol. The fourth-order valence-corrected chi connectivity index (χ4v) is 2.76. The van der Waals surface area contributed by atoms with E-state index in [-0.39, 0.29) is 11.8 Å². The second kappa shape index (κ2) is 10.9. The Kier molecular flexibility index (Phi) is 9.26. The number of ether oxygens (including phenoxy) is 1. The molecule has 0 saturated heterocycles. The summed E-state index contributed by atoms with van der Waals surface area (Å²) in [5.74, 6) is 1.44. The van der Waals surface area contributed by atoms with Crippen LogP contribution in [0.3, 0.4) is 0 Å². The van der Waals surface area contributed by atoms with Crippen LogP contribution >= 0.6 is 0 Å². The lowest BCUT2D eigenvalue weighted by molar-refractivity contribution is 0.305. The minimum atomic E-state index is -2.95. The van der Waals surface area contributed by atoms with Crippen LogP contribution in [-0.2, 0) is 16.4 Å². The molecule has 7 nitrogen and oxygen atoms in total. The Balaban J connectivity index is 2.59. The second-order valence-electron chi connectivity index (χ2n) is 6.01. The van der Waals surface area contributed by atoms with E-state index >= 15 is 0 Å². The highest BCUT2D eigenvalue weighted by Gasteiger charge is 2.09. The number of guanidine groups is 1. The third-order valence-electron chi connectivity index (χ3n) is 3.32. The predicted octanol–water partition coefficient (Wildman–Crippen LogP) is 1.75. The number of aliphatic imine (C=N–C) groups is 1. The maximum absolute atomic E-state index is 11.3. The summed E-state index contributed by atoms with van der Waals surface area (Å²) in [7, 11) is -2.95. The van der Waals surface area contributed by atoms with Gasteiger partial charge in [0, 0.05) is 31.1 Å². The first-order valence-corrected chi connectivity index (χ1v) is 10.7. The lowest BCUT2D eigenvalue weighted by Crippen LogP contribution is -2.42. The molecule has 8 heteroatoms. The van der Waals surface area contributed by atoms with Gasteiger partial charge in [0.2, 0.25) is 5.88 Å². The largest absolute Gasteiger partial charge is 0.478 e. The van der Waals surface area contributed by atoms with E-state index in [4.69, 9.17) is 4.74 Å². The Bertz CT molecular complexity index is 630. The van der Waals surface area contributed by atoms with Gasteiger partial charge in [-0.2, -0.15) is 0 Å². The molecule has 0 fully saturated rings. The predicted molar refractivity (Wildman–Crippen MR) is 102 cm³/mol. The van der Waals surface area contributed by atoms with Crippen LogP contribution in [0.4, 0.5) is 0 Å². The standard InChI is InChI=1S/C17H30N4O3S/c1-5-10-24-16-8-7-15(12-19-16)13-20-17(18-6-2)21-14(3)9-11-25(4,22)23/h7-8,12,14H,5-6,9-11,13H2,1-4H3,(H2,18,20,21). The minimum Gasteiger partial charge on any atom is -0.478 e. The number of aromatic nitrogens is 1. The van der Waals surface area contributed by atoms with Crippen LogP contribution < -0.4 is 15.4 Å². The lowest BCUT2D eigenvalue weighted by Gasteiger charge is -2.17. The van der Waals surface area contributed by atoms with Crippen LogP contribution in [0.1, 0.15) is 39.2 Å². The first-order chi connectivity index (χ1) is 11.8. The van der Waals surface area contributed by atoms with Gasteiger partial charge in [0.1, 0.15) is 9.84 Å². The van der Waals surface area contributed by atoms with E-state index in [9.17, 15) is 8.42 Å². The van der Waals surface area contributed by atoms with Crippen LogP contribution in [-0.4, -0.2) is 50.6 Å². The Hall–Kier alpha value is -1.83. The summed E-state index contributed by atoms with van der Waals surface area (Å²) in [4.78, 5) is 8.78. The first-order valence-electron chi connectivity index (χ1n) is 8.64. The summed E-state index contributed by atoms with van der Waals surface area (Å²) in [6, 6.07) is 3.80. The van der Waals surface area contributed by atoms with Crippen LogP contribution in [0, 0.1) is 0 Å². The average Bonchev–Trinajstić information content (AvgIpc) is 2.56. The van der Waals surface area contributed by atoms with Gasteiger partial charge in [0.25, 0.3) is 0 Å². The van der Waals surface area contributed by atoms with Gasteiger partial charge in [-0.3, -0.25) is 0 Å². The molecule has 25 heavy (non-hydrogen) atoms. The van der Waals surface area contributed by atoms with Gasteiger partial charge in [-0.15, -0.1) is 0 Å². The quantitative estimate of drug-likeness (QED) is 0.481. The van der Waals surface area contributed by atoms with Crippen molar-refractivity contribution in [2.24, 2.45) is 4.99 Å². The van der Waals surface area contributed by atoms with E-state index in [1.165, 1.54) is 6.26 Å². The Labute approximate surface area is 151 Å². The highest BCUT2D eigenvalue weighted by atomic mass is 32.2. The SMILES string of the molecule is CCCOc1ccc(CN=C(NCC)NC(C)CCS(C)(=O)=O)cn1. The molecule has 1 unspecified atom stereocenters. The van der Waals surface area contributed by atoms with Crippen molar-refractivity contribution >= 4 is 15.8 Å². The molecule has 0 aliphatic heterocycles. The van der Waals surface area contributed by atoms with Gasteiger partial charge >= 0.3 is 0 Å². The molecular formula is C17H30N4O3S. The number of hydrogen-bond donors (Lipinski definition) is 2. The highest BCUT2D eigenvalue weighted by Crippen LogP contribution is 2.08. The Morgan fingerprint density at radius 2 is 2.12 bits per heavy atom. The molecule has 0 saturated carbocycles. The number of pyridine rings is 1. The van der Waals surface area contributed by atoms with Crippen LogP contribution in [0.25, 0.3) is 0 Å². The number of rotatable bonds is 10. The fraction of sp³-hybridized carbons (Fsp3) is 0.647. The Morgan fingerprint density at radius 3 is 2.68 bits per heavy atom. The van der Waals surface area contributed by atoms with E-state index in [0.29, 0.717) is 31.4 Å². The summed E-state index contributed by atoms with van der Waals surface area (Å²) in [6.45, 7) is 7.85. The van der Waals surface area contributed by atoms with Crippen molar-refractivity contribution in [1.82, 2.24) is 15.6 Å². The molecule has 1 aromatic rings. The summed E-state index contributed by atoms with van der Waals surface area (Å²) in [5.41, 5.74) is 0.977. The fourth-order valence-electron chi connectivity index (χ4n) is 1.98. The van der Waals surface area contributed by atoms with Crippen molar-refractivity contribution in [2.45, 2.75) is 46.2 Å². The van der Waals surface area contributed by atoms with Crippen molar-refractivity contribution in [3.05, 3.63) is 23.9 Å². The molecule has 0 spiro atoms. The zero-order valence-electron chi connectivity index (χ0n) is 15.6. The number of nitrogens with zero attached hydrogens (tertiary/aromatic N) is 2. The van der Waals surface area contributed by atoms with Crippen molar-refractivity contribution in [3.8, 4) is 5.88 Å². The van der Waals surface area contributed by atoms with Gasteiger partial charge in [-0.05, 0) is 32.3 Å². The van der Waals surface area contributed by atoms with Gasteiger partial charge in [0.15, 0.2) is 5.96 Å². The van der Waals surface area contributed by atoms with Gasteiger partial charge in [-0.25, -0.2) is 18.4 Å². The molecule has 0 amide bonds. The highest BCUT2D eigenvalue weighted by molar-refractivity contribution is 7.90. The molecule has 1 atom stereocenters. The van der Waals surface area contributed by atoms with Crippen LogP contribution in [0.2, 0.25) is 0 Å². The molecule has 1 heterocycles. The number of sulfone groups is 1. The van der Waals surface area contributed by atoms with Crippen molar-refractivity contribution in [3.63, 3.8) is 0 Å². The van der Waals surface area contributed by atoms with Crippen LogP contribution in [0.15, 0.2) is 23.3 Å². The van der Waals surface area contributed by atoms with E-state index in [0.717, 1.165) is 18.5 Å². The first kappa shape index (κ1) is 21.2. The van der Waals surface area contributed by atoms with E-state index in [1.807, 2.05) is 26.0 Å². The summed E-state index contributed by atoms with van der Waals surface area (Å²) >= 11 is 0. The number of hydrogen-bond acceptors (Lipinski definition) is 5. The molecule has 0 aliphatic rings. The molecular weight excluding hydrogens is 340 g/mol. The molecule has 2 N–H and O–H groups in total. The second-order valence-corrected chi connectivity index (χ2v) is 8.27. The molecule has 1 aromatic heterocycles. The van der Waals surface area contributed by atoms with Crippen molar-refractivity contribution in [1.29, 1.82) is 0 Å². The Morgan fingerprint density at radius 1 is 1.36 bits per heavy atom. The third kappa shape index (κ3) is 9.91. The smallest absolute Gasteiger partial charge is 0.213 e. The van der Waals surface area contributed by atoms with Gasteiger partial charge in [0.05, 0.1) is 18.9 Å². The van der Waals surface area contributed by atoms with Crippen molar-refractivity contribution < 1.29 is 13.2 Å². The molecule has 142 valence electrons.